The van der Waals surface area contributed by atoms with E-state index in [1.165, 1.54) is 11.3 Å². The summed E-state index contributed by atoms with van der Waals surface area (Å²) >= 11 is 7.43. The number of amides is 1. The summed E-state index contributed by atoms with van der Waals surface area (Å²) in [4.78, 5) is 19.6. The summed E-state index contributed by atoms with van der Waals surface area (Å²) in [6.07, 6.45) is 0.860. The Morgan fingerprint density at radius 1 is 1.13 bits per heavy atom. The van der Waals surface area contributed by atoms with E-state index in [0.29, 0.717) is 23.7 Å². The average Bonchev–Trinajstić information content (AvgIpc) is 3.23. The van der Waals surface area contributed by atoms with Gasteiger partial charge in [0.1, 0.15) is 23.1 Å². The molecule has 1 heterocycles. The van der Waals surface area contributed by atoms with E-state index < -0.39 is 0 Å². The van der Waals surface area contributed by atoms with Crippen LogP contribution in [0, 0.1) is 0 Å². The third-order valence-electron chi connectivity index (χ3n) is 4.83. The largest absolute Gasteiger partial charge is 0.497 e. The van der Waals surface area contributed by atoms with Crippen molar-refractivity contribution in [1.82, 2.24) is 9.88 Å². The van der Waals surface area contributed by atoms with Crippen molar-refractivity contribution in [2.75, 3.05) is 7.11 Å². The molecule has 158 valence electrons. The molecule has 0 bridgehead atoms. The van der Waals surface area contributed by atoms with Crippen LogP contribution in [0.15, 0.2) is 53.9 Å². The van der Waals surface area contributed by atoms with Crippen LogP contribution in [0.25, 0.3) is 0 Å². The minimum Gasteiger partial charge on any atom is -0.497 e. The zero-order valence-corrected chi connectivity index (χ0v) is 18.9. The standard InChI is InChI=1S/C23H25ClN2O3S/c1-4-16(2)26(23(27)17-5-9-20(28-3)10-6-17)13-19-15-30-22(25-19)14-29-21-11-7-18(24)8-12-21/h5-12,15-16H,4,13-14H2,1-3H3/t16-/m0/s1. The number of carbonyl (C=O) groups is 1. The molecule has 0 fully saturated rings. The predicted molar refractivity (Wildman–Crippen MR) is 121 cm³/mol. The van der Waals surface area contributed by atoms with Gasteiger partial charge in [0.25, 0.3) is 5.91 Å². The number of carbonyl (C=O) groups excluding carboxylic acids is 1. The van der Waals surface area contributed by atoms with Crippen LogP contribution in [-0.2, 0) is 13.2 Å². The van der Waals surface area contributed by atoms with Gasteiger partial charge in [0.2, 0.25) is 0 Å². The Morgan fingerprint density at radius 2 is 1.80 bits per heavy atom. The lowest BCUT2D eigenvalue weighted by Crippen LogP contribution is -2.37. The van der Waals surface area contributed by atoms with Crippen molar-refractivity contribution in [2.24, 2.45) is 0 Å². The summed E-state index contributed by atoms with van der Waals surface area (Å²) in [7, 11) is 1.61. The number of aromatic nitrogens is 1. The molecule has 5 nitrogen and oxygen atoms in total. The van der Waals surface area contributed by atoms with Crippen molar-refractivity contribution in [3.63, 3.8) is 0 Å². The molecule has 3 rings (SSSR count). The highest BCUT2D eigenvalue weighted by molar-refractivity contribution is 7.09. The van der Waals surface area contributed by atoms with Gasteiger partial charge in [0.05, 0.1) is 19.3 Å². The Bertz CT molecular complexity index is 957. The van der Waals surface area contributed by atoms with E-state index in [4.69, 9.17) is 21.1 Å². The summed E-state index contributed by atoms with van der Waals surface area (Å²) in [6, 6.07) is 14.5. The quantitative estimate of drug-likeness (QED) is 0.417. The average molecular weight is 445 g/mol. The first-order chi connectivity index (χ1) is 14.5. The highest BCUT2D eigenvalue weighted by Gasteiger charge is 2.22. The van der Waals surface area contributed by atoms with Gasteiger partial charge in [0, 0.05) is 22.0 Å². The number of hydrogen-bond donors (Lipinski definition) is 0. The molecule has 0 aliphatic rings. The molecule has 1 amide bonds. The van der Waals surface area contributed by atoms with E-state index in [-0.39, 0.29) is 11.9 Å². The fraction of sp³-hybridized carbons (Fsp3) is 0.304. The van der Waals surface area contributed by atoms with Gasteiger partial charge in [-0.3, -0.25) is 4.79 Å². The normalized spacial score (nSPS) is 11.7. The van der Waals surface area contributed by atoms with Gasteiger partial charge < -0.3 is 14.4 Å². The van der Waals surface area contributed by atoms with Crippen LogP contribution < -0.4 is 9.47 Å². The summed E-state index contributed by atoms with van der Waals surface area (Å²) in [5.74, 6) is 1.46. The van der Waals surface area contributed by atoms with Crippen LogP contribution in [0.1, 0.15) is 41.3 Å². The van der Waals surface area contributed by atoms with Crippen LogP contribution in [-0.4, -0.2) is 28.9 Å². The van der Waals surface area contributed by atoms with Crippen LogP contribution in [0.2, 0.25) is 5.02 Å². The Morgan fingerprint density at radius 3 is 2.43 bits per heavy atom. The van der Waals surface area contributed by atoms with Crippen LogP contribution in [0.5, 0.6) is 11.5 Å². The van der Waals surface area contributed by atoms with Crippen molar-refractivity contribution < 1.29 is 14.3 Å². The topological polar surface area (TPSA) is 51.7 Å². The summed E-state index contributed by atoms with van der Waals surface area (Å²) in [5, 5.41) is 3.52. The zero-order chi connectivity index (χ0) is 21.5. The third-order valence-corrected chi connectivity index (χ3v) is 5.95. The minimum absolute atomic E-state index is 0.0148. The Hall–Kier alpha value is -2.57. The minimum atomic E-state index is -0.0148. The smallest absolute Gasteiger partial charge is 0.254 e. The number of methoxy groups -OCH3 is 1. The number of thiazole rings is 1. The van der Waals surface area contributed by atoms with Gasteiger partial charge in [-0.2, -0.15) is 0 Å². The molecule has 3 aromatic rings. The SMILES string of the molecule is CC[C@H](C)N(Cc1csc(COc2ccc(Cl)cc2)n1)C(=O)c1ccc(OC)cc1. The van der Waals surface area contributed by atoms with Gasteiger partial charge in [-0.25, -0.2) is 4.98 Å². The van der Waals surface area contributed by atoms with Gasteiger partial charge >= 0.3 is 0 Å². The first-order valence-corrected chi connectivity index (χ1v) is 11.0. The lowest BCUT2D eigenvalue weighted by atomic mass is 10.1. The second-order valence-electron chi connectivity index (χ2n) is 6.89. The first kappa shape index (κ1) is 22.1. The first-order valence-electron chi connectivity index (χ1n) is 9.76. The van der Waals surface area contributed by atoms with Crippen LogP contribution in [0.4, 0.5) is 0 Å². The molecular weight excluding hydrogens is 420 g/mol. The van der Waals surface area contributed by atoms with E-state index in [9.17, 15) is 4.79 Å². The van der Waals surface area contributed by atoms with E-state index >= 15 is 0 Å². The van der Waals surface area contributed by atoms with E-state index in [0.717, 1.165) is 28.6 Å². The number of ether oxygens (including phenoxy) is 2. The fourth-order valence-electron chi connectivity index (χ4n) is 2.89. The molecule has 0 aliphatic carbocycles. The fourth-order valence-corrected chi connectivity index (χ4v) is 3.71. The lowest BCUT2D eigenvalue weighted by molar-refractivity contribution is 0.0669. The van der Waals surface area contributed by atoms with Gasteiger partial charge in [-0.15, -0.1) is 11.3 Å². The maximum absolute atomic E-state index is 13.1. The Balaban J connectivity index is 1.67. The van der Waals surface area contributed by atoms with Crippen molar-refractivity contribution in [2.45, 2.75) is 39.5 Å². The number of halogens is 1. The van der Waals surface area contributed by atoms with Crippen molar-refractivity contribution >= 4 is 28.8 Å². The molecule has 0 N–H and O–H groups in total. The lowest BCUT2D eigenvalue weighted by Gasteiger charge is -2.28. The Labute approximate surface area is 186 Å². The highest BCUT2D eigenvalue weighted by Crippen LogP contribution is 2.21. The van der Waals surface area contributed by atoms with Crippen LogP contribution >= 0.6 is 22.9 Å². The van der Waals surface area contributed by atoms with Gasteiger partial charge in [0.15, 0.2) is 0 Å². The molecule has 1 aromatic heterocycles. The highest BCUT2D eigenvalue weighted by atomic mass is 35.5. The molecule has 7 heteroatoms. The Kier molecular flexibility index (Phi) is 7.71. The van der Waals surface area contributed by atoms with Gasteiger partial charge in [-0.05, 0) is 61.9 Å². The zero-order valence-electron chi connectivity index (χ0n) is 17.3. The molecule has 0 spiro atoms. The maximum Gasteiger partial charge on any atom is 0.254 e. The molecule has 0 unspecified atom stereocenters. The summed E-state index contributed by atoms with van der Waals surface area (Å²) in [5.41, 5.74) is 1.49. The number of nitrogens with zero attached hydrogens (tertiary/aromatic N) is 2. The number of hydrogen-bond acceptors (Lipinski definition) is 5. The number of rotatable bonds is 9. The maximum atomic E-state index is 13.1. The van der Waals surface area contributed by atoms with E-state index in [1.807, 2.05) is 22.4 Å². The van der Waals surface area contributed by atoms with Crippen molar-refractivity contribution in [1.29, 1.82) is 0 Å². The summed E-state index contributed by atoms with van der Waals surface area (Å²) in [6.45, 7) is 4.96. The third kappa shape index (κ3) is 5.74. The van der Waals surface area contributed by atoms with E-state index in [2.05, 4.69) is 18.8 Å². The van der Waals surface area contributed by atoms with Crippen molar-refractivity contribution in [3.05, 3.63) is 75.2 Å². The second kappa shape index (κ2) is 10.5. The molecule has 1 atom stereocenters. The molecule has 0 saturated heterocycles. The molecule has 2 aromatic carbocycles. The number of benzene rings is 2. The van der Waals surface area contributed by atoms with Crippen LogP contribution in [0.3, 0.4) is 0 Å². The van der Waals surface area contributed by atoms with E-state index in [1.54, 1.807) is 43.5 Å². The molecule has 0 aliphatic heterocycles. The predicted octanol–water partition coefficient (Wildman–Crippen LogP) is 5.83. The second-order valence-corrected chi connectivity index (χ2v) is 8.27. The van der Waals surface area contributed by atoms with Gasteiger partial charge in [-0.1, -0.05) is 18.5 Å². The molecule has 0 saturated carbocycles. The monoisotopic (exact) mass is 444 g/mol. The molecule has 0 radical (unpaired) electrons. The molecule has 30 heavy (non-hydrogen) atoms. The van der Waals surface area contributed by atoms with Crippen molar-refractivity contribution in [3.8, 4) is 11.5 Å². The molecular formula is C23H25ClN2O3S. The summed E-state index contributed by atoms with van der Waals surface area (Å²) < 4.78 is 11.0.